The van der Waals surface area contributed by atoms with Crippen LogP contribution in [0.15, 0.2) is 36.4 Å². The number of carbonyl (C=O) groups excluding carboxylic acids is 2. The summed E-state index contributed by atoms with van der Waals surface area (Å²) >= 11 is 0. The summed E-state index contributed by atoms with van der Waals surface area (Å²) in [6, 6.07) is 9.51. The largest absolute Gasteiger partial charge is 0.573 e. The van der Waals surface area contributed by atoms with Crippen LogP contribution in [0.5, 0.6) is 5.75 Å². The first-order chi connectivity index (χ1) is 15.3. The molecule has 3 aliphatic heterocycles. The molecule has 0 radical (unpaired) electrons. The van der Waals surface area contributed by atoms with Gasteiger partial charge < -0.3 is 19.9 Å². The Hall–Kier alpha value is -3.07. The lowest BCUT2D eigenvalue weighted by molar-refractivity contribution is -0.274. The quantitative estimate of drug-likeness (QED) is 0.786. The molecule has 5 rings (SSSR count). The van der Waals surface area contributed by atoms with E-state index in [0.717, 1.165) is 31.5 Å². The number of nitrogens with zero attached hydrogens (tertiary/aromatic N) is 2. The first-order valence-corrected chi connectivity index (χ1v) is 10.7. The number of hydrogen-bond acceptors (Lipinski definition) is 4. The molecule has 0 bridgehead atoms. The third kappa shape index (κ3) is 3.70. The third-order valence-corrected chi connectivity index (χ3v) is 6.35. The van der Waals surface area contributed by atoms with E-state index in [0.29, 0.717) is 28.9 Å². The van der Waals surface area contributed by atoms with E-state index >= 15 is 0 Å². The molecular formula is C23H22F3N3O3. The van der Waals surface area contributed by atoms with Crippen molar-refractivity contribution in [3.8, 4) is 5.75 Å². The van der Waals surface area contributed by atoms with Gasteiger partial charge in [0.25, 0.3) is 11.8 Å². The normalized spacial score (nSPS) is 20.3. The Morgan fingerprint density at radius 2 is 2.03 bits per heavy atom. The minimum Gasteiger partial charge on any atom is -0.405 e. The fourth-order valence-electron chi connectivity index (χ4n) is 4.86. The second-order valence-electron chi connectivity index (χ2n) is 8.31. The van der Waals surface area contributed by atoms with Crippen LogP contribution in [0.25, 0.3) is 0 Å². The summed E-state index contributed by atoms with van der Waals surface area (Å²) in [4.78, 5) is 29.4. The molecule has 2 aromatic rings. The average molecular weight is 445 g/mol. The van der Waals surface area contributed by atoms with Crippen molar-refractivity contribution in [2.45, 2.75) is 38.2 Å². The number of rotatable bonds is 3. The Balaban J connectivity index is 1.38. The zero-order valence-electron chi connectivity index (χ0n) is 17.2. The molecule has 2 amide bonds. The number of anilines is 1. The summed E-state index contributed by atoms with van der Waals surface area (Å²) in [5, 5.41) is 3.32. The summed E-state index contributed by atoms with van der Waals surface area (Å²) in [7, 11) is 0. The lowest BCUT2D eigenvalue weighted by atomic mass is 10.1. The zero-order chi connectivity index (χ0) is 22.5. The molecule has 3 heterocycles. The third-order valence-electron chi connectivity index (χ3n) is 6.35. The molecule has 3 aliphatic rings. The van der Waals surface area contributed by atoms with Crippen LogP contribution < -0.4 is 15.0 Å². The molecule has 0 aromatic heterocycles. The highest BCUT2D eigenvalue weighted by atomic mass is 19.4. The Morgan fingerprint density at radius 1 is 1.19 bits per heavy atom. The predicted molar refractivity (Wildman–Crippen MR) is 111 cm³/mol. The Labute approximate surface area is 182 Å². The number of benzene rings is 2. The van der Waals surface area contributed by atoms with Crippen LogP contribution in [0.4, 0.5) is 18.9 Å². The summed E-state index contributed by atoms with van der Waals surface area (Å²) in [5.41, 5.74) is 2.61. The van der Waals surface area contributed by atoms with Crippen molar-refractivity contribution in [3.63, 3.8) is 0 Å². The van der Waals surface area contributed by atoms with E-state index in [2.05, 4.69) is 10.1 Å². The molecule has 32 heavy (non-hydrogen) atoms. The zero-order valence-corrected chi connectivity index (χ0v) is 17.2. The predicted octanol–water partition coefficient (Wildman–Crippen LogP) is 3.50. The average Bonchev–Trinajstić information content (AvgIpc) is 3.35. The summed E-state index contributed by atoms with van der Waals surface area (Å²) < 4.78 is 42.3. The molecule has 9 heteroatoms. The van der Waals surface area contributed by atoms with Gasteiger partial charge >= 0.3 is 6.36 Å². The number of fused-ring (bicyclic) bond motifs is 2. The van der Waals surface area contributed by atoms with Crippen LogP contribution >= 0.6 is 0 Å². The molecule has 1 saturated heterocycles. The van der Waals surface area contributed by atoms with Gasteiger partial charge in [-0.25, -0.2) is 0 Å². The second kappa shape index (κ2) is 7.81. The van der Waals surface area contributed by atoms with E-state index < -0.39 is 6.36 Å². The highest BCUT2D eigenvalue weighted by molar-refractivity contribution is 6.08. The molecule has 0 saturated carbocycles. The molecule has 1 N–H and O–H groups in total. The molecule has 1 atom stereocenters. The Morgan fingerprint density at radius 3 is 2.78 bits per heavy atom. The van der Waals surface area contributed by atoms with Crippen LogP contribution in [0.1, 0.15) is 44.7 Å². The van der Waals surface area contributed by atoms with Gasteiger partial charge in [-0.1, -0.05) is 6.07 Å². The standard InChI is InChI=1S/C23H22F3N3O3/c24-23(25,26)32-20-5-1-4-19-18(20)8-10-28(19)21(30)14-6-7-17-15(11-14)13-29(22(17)31)16-3-2-9-27-12-16/h1,4-7,11,16,27H,2-3,8-10,12-13H2. The lowest BCUT2D eigenvalue weighted by Gasteiger charge is -2.31. The van der Waals surface area contributed by atoms with E-state index in [1.807, 2.05) is 4.90 Å². The van der Waals surface area contributed by atoms with Crippen LogP contribution in [0.2, 0.25) is 0 Å². The fourth-order valence-corrected chi connectivity index (χ4v) is 4.86. The fraction of sp³-hybridized carbons (Fsp3) is 0.391. The van der Waals surface area contributed by atoms with Crippen LogP contribution in [0.3, 0.4) is 0 Å². The van der Waals surface area contributed by atoms with Gasteiger partial charge in [0.05, 0.1) is 5.69 Å². The maximum Gasteiger partial charge on any atom is 0.573 e. The van der Waals surface area contributed by atoms with Gasteiger partial charge in [-0.3, -0.25) is 9.59 Å². The number of carbonyl (C=O) groups is 2. The molecule has 2 aromatic carbocycles. The van der Waals surface area contributed by atoms with Crippen molar-refractivity contribution < 1.29 is 27.5 Å². The number of hydrogen-bond donors (Lipinski definition) is 1. The minimum absolute atomic E-state index is 0.0202. The number of amides is 2. The van der Waals surface area contributed by atoms with Gasteiger partial charge in [0.2, 0.25) is 0 Å². The van der Waals surface area contributed by atoms with Crippen molar-refractivity contribution in [2.24, 2.45) is 0 Å². The molecule has 0 spiro atoms. The van der Waals surface area contributed by atoms with Gasteiger partial charge in [0, 0.05) is 42.4 Å². The second-order valence-corrected chi connectivity index (χ2v) is 8.31. The molecule has 1 fully saturated rings. The first-order valence-electron chi connectivity index (χ1n) is 10.7. The van der Waals surface area contributed by atoms with Gasteiger partial charge in [0.1, 0.15) is 5.75 Å². The summed E-state index contributed by atoms with van der Waals surface area (Å²) in [6.07, 6.45) is -2.55. The van der Waals surface area contributed by atoms with E-state index in [1.165, 1.54) is 17.0 Å². The topological polar surface area (TPSA) is 61.9 Å². The number of halogens is 3. The molecular weight excluding hydrogens is 423 g/mol. The van der Waals surface area contributed by atoms with E-state index in [9.17, 15) is 22.8 Å². The summed E-state index contributed by atoms with van der Waals surface area (Å²) in [6.45, 7) is 2.44. The highest BCUT2D eigenvalue weighted by Gasteiger charge is 2.36. The smallest absolute Gasteiger partial charge is 0.405 e. The minimum atomic E-state index is -4.79. The van der Waals surface area contributed by atoms with Crippen molar-refractivity contribution >= 4 is 17.5 Å². The van der Waals surface area contributed by atoms with Gasteiger partial charge in [-0.2, -0.15) is 0 Å². The van der Waals surface area contributed by atoms with Crippen molar-refractivity contribution in [3.05, 3.63) is 58.7 Å². The van der Waals surface area contributed by atoms with E-state index in [4.69, 9.17) is 0 Å². The van der Waals surface area contributed by atoms with Crippen molar-refractivity contribution in [2.75, 3.05) is 24.5 Å². The molecule has 0 aliphatic carbocycles. The molecule has 1 unspecified atom stereocenters. The van der Waals surface area contributed by atoms with Crippen LogP contribution in [0, 0.1) is 0 Å². The Bertz CT molecular complexity index is 1080. The van der Waals surface area contributed by atoms with Crippen LogP contribution in [-0.2, 0) is 13.0 Å². The van der Waals surface area contributed by atoms with E-state index in [-0.39, 0.29) is 36.6 Å². The Kier molecular flexibility index (Phi) is 5.08. The van der Waals surface area contributed by atoms with Gasteiger partial charge in [-0.15, -0.1) is 13.2 Å². The summed E-state index contributed by atoms with van der Waals surface area (Å²) in [5.74, 6) is -0.601. The monoisotopic (exact) mass is 445 g/mol. The van der Waals surface area contributed by atoms with Crippen LogP contribution in [-0.4, -0.2) is 48.8 Å². The number of nitrogens with one attached hydrogen (secondary N) is 1. The number of ether oxygens (including phenoxy) is 1. The number of alkyl halides is 3. The number of piperidine rings is 1. The van der Waals surface area contributed by atoms with Crippen molar-refractivity contribution in [1.29, 1.82) is 0 Å². The SMILES string of the molecule is O=C(c1ccc2c(c1)CN(C1CCCNC1)C2=O)N1CCc2c(OC(F)(F)F)cccc21. The maximum absolute atomic E-state index is 13.2. The van der Waals surface area contributed by atoms with Gasteiger partial charge in [-0.05, 0) is 61.7 Å². The highest BCUT2D eigenvalue weighted by Crippen LogP contribution is 2.38. The molecule has 6 nitrogen and oxygen atoms in total. The van der Waals surface area contributed by atoms with Crippen molar-refractivity contribution in [1.82, 2.24) is 10.2 Å². The lowest BCUT2D eigenvalue weighted by Crippen LogP contribution is -2.46. The van der Waals surface area contributed by atoms with E-state index in [1.54, 1.807) is 24.3 Å². The first kappa shape index (κ1) is 20.8. The van der Waals surface area contributed by atoms with Gasteiger partial charge in [0.15, 0.2) is 0 Å². The molecule has 168 valence electrons. The maximum atomic E-state index is 13.2.